The first-order valence-corrected chi connectivity index (χ1v) is 8.17. The van der Waals surface area contributed by atoms with E-state index in [0.717, 1.165) is 12.1 Å². The number of hydrogen-bond acceptors (Lipinski definition) is 6. The smallest absolute Gasteiger partial charge is 0.374 e. The van der Waals surface area contributed by atoms with Gasteiger partial charge in [-0.2, -0.15) is 4.72 Å². The fourth-order valence-corrected chi connectivity index (χ4v) is 2.83. The zero-order valence-corrected chi connectivity index (χ0v) is 13.3. The molecule has 0 amide bonds. The van der Waals surface area contributed by atoms with Crippen molar-refractivity contribution in [2.24, 2.45) is 5.92 Å². The fourth-order valence-electron chi connectivity index (χ4n) is 1.69. The van der Waals surface area contributed by atoms with E-state index in [1.807, 2.05) is 0 Å². The van der Waals surface area contributed by atoms with Crippen LogP contribution < -0.4 is 4.72 Å². The molecule has 1 rings (SSSR count). The molecule has 124 valence electrons. The van der Waals surface area contributed by atoms with Crippen molar-refractivity contribution in [3.8, 4) is 0 Å². The first-order chi connectivity index (χ1) is 10.2. The lowest BCUT2D eigenvalue weighted by molar-refractivity contribution is -0.139. The molecule has 0 aliphatic heterocycles. The molecule has 1 aromatic heterocycles. The van der Waals surface area contributed by atoms with Gasteiger partial charge in [0.1, 0.15) is 6.04 Å². The SMILES string of the molecule is CCOC(=O)c1ccc(S(=O)(=O)N[C@@H](CC(C)C)C(=O)O)o1. The fraction of sp³-hybridized carbons (Fsp3) is 0.538. The summed E-state index contributed by atoms with van der Waals surface area (Å²) in [5, 5.41) is 8.53. The minimum atomic E-state index is -4.18. The van der Waals surface area contributed by atoms with E-state index in [1.165, 1.54) is 0 Å². The van der Waals surface area contributed by atoms with Crippen LogP contribution in [0.1, 0.15) is 37.7 Å². The highest BCUT2D eigenvalue weighted by Gasteiger charge is 2.29. The van der Waals surface area contributed by atoms with Gasteiger partial charge in [-0.05, 0) is 31.4 Å². The van der Waals surface area contributed by atoms with Crippen molar-refractivity contribution >= 4 is 22.0 Å². The summed E-state index contributed by atoms with van der Waals surface area (Å²) in [6, 6.07) is 0.953. The van der Waals surface area contributed by atoms with Crippen LogP contribution in [0.2, 0.25) is 0 Å². The van der Waals surface area contributed by atoms with Gasteiger partial charge in [0.05, 0.1) is 6.61 Å². The molecular formula is C13H19NO7S. The largest absolute Gasteiger partial charge is 0.480 e. The Kier molecular flexibility index (Phi) is 6.12. The number of nitrogens with one attached hydrogen (secondary N) is 1. The maximum Gasteiger partial charge on any atom is 0.374 e. The number of ether oxygens (including phenoxy) is 1. The molecule has 0 radical (unpaired) electrons. The van der Waals surface area contributed by atoms with Gasteiger partial charge in [-0.25, -0.2) is 13.2 Å². The van der Waals surface area contributed by atoms with Crippen molar-refractivity contribution in [1.82, 2.24) is 4.72 Å². The molecule has 2 N–H and O–H groups in total. The number of aliphatic carboxylic acids is 1. The van der Waals surface area contributed by atoms with Crippen LogP contribution in [0.25, 0.3) is 0 Å². The van der Waals surface area contributed by atoms with E-state index in [2.05, 4.69) is 9.46 Å². The Labute approximate surface area is 128 Å². The summed E-state index contributed by atoms with van der Waals surface area (Å²) in [6.45, 7) is 5.27. The minimum absolute atomic E-state index is 0.0181. The molecule has 8 nitrogen and oxygen atoms in total. The molecule has 0 aliphatic carbocycles. The van der Waals surface area contributed by atoms with Gasteiger partial charge in [-0.1, -0.05) is 13.8 Å². The molecule has 22 heavy (non-hydrogen) atoms. The summed E-state index contributed by atoms with van der Waals surface area (Å²) in [7, 11) is -4.18. The number of carbonyl (C=O) groups is 2. The first kappa shape index (κ1) is 18.2. The molecule has 0 bridgehead atoms. The topological polar surface area (TPSA) is 123 Å². The van der Waals surface area contributed by atoms with Crippen LogP contribution in [0.5, 0.6) is 0 Å². The van der Waals surface area contributed by atoms with Crippen molar-refractivity contribution in [3.05, 3.63) is 17.9 Å². The van der Waals surface area contributed by atoms with E-state index in [0.29, 0.717) is 0 Å². The number of furan rings is 1. The Morgan fingerprint density at radius 1 is 1.36 bits per heavy atom. The molecule has 0 fully saturated rings. The van der Waals surface area contributed by atoms with E-state index in [-0.39, 0.29) is 24.7 Å². The Hall–Kier alpha value is -1.87. The van der Waals surface area contributed by atoms with Crippen LogP contribution >= 0.6 is 0 Å². The van der Waals surface area contributed by atoms with Crippen LogP contribution in [-0.2, 0) is 19.6 Å². The summed E-state index contributed by atoms with van der Waals surface area (Å²) in [5.74, 6) is -2.36. The Morgan fingerprint density at radius 3 is 2.50 bits per heavy atom. The van der Waals surface area contributed by atoms with Crippen molar-refractivity contribution in [2.45, 2.75) is 38.3 Å². The average molecular weight is 333 g/mol. The van der Waals surface area contributed by atoms with Crippen molar-refractivity contribution in [2.75, 3.05) is 6.61 Å². The van der Waals surface area contributed by atoms with Gasteiger partial charge in [0.15, 0.2) is 0 Å². The van der Waals surface area contributed by atoms with E-state index in [1.54, 1.807) is 20.8 Å². The monoisotopic (exact) mass is 333 g/mol. The molecule has 1 atom stereocenters. The van der Waals surface area contributed by atoms with E-state index < -0.39 is 33.1 Å². The summed E-state index contributed by atoms with van der Waals surface area (Å²) >= 11 is 0. The lowest BCUT2D eigenvalue weighted by atomic mass is 10.1. The standard InChI is InChI=1S/C13H19NO7S/c1-4-20-13(17)10-5-6-11(21-10)22(18,19)14-9(12(15)16)7-8(2)3/h5-6,8-9,14H,4,7H2,1-3H3,(H,15,16)/t9-/m0/s1. The lowest BCUT2D eigenvalue weighted by Crippen LogP contribution is -2.41. The zero-order chi connectivity index (χ0) is 16.9. The van der Waals surface area contributed by atoms with Gasteiger partial charge in [-0.3, -0.25) is 4.79 Å². The molecule has 0 spiro atoms. The van der Waals surface area contributed by atoms with Crippen molar-refractivity contribution in [1.29, 1.82) is 0 Å². The highest BCUT2D eigenvalue weighted by atomic mass is 32.2. The van der Waals surface area contributed by atoms with Gasteiger partial charge in [0.25, 0.3) is 10.0 Å². The third-order valence-corrected chi connectivity index (χ3v) is 3.97. The number of carboxylic acid groups (broad SMARTS) is 1. The molecule has 0 saturated carbocycles. The van der Waals surface area contributed by atoms with Crippen molar-refractivity contribution < 1.29 is 32.3 Å². The van der Waals surface area contributed by atoms with E-state index in [4.69, 9.17) is 9.52 Å². The number of rotatable bonds is 8. The first-order valence-electron chi connectivity index (χ1n) is 6.69. The Balaban J connectivity index is 2.94. The average Bonchev–Trinajstić information content (AvgIpc) is 2.87. The quantitative estimate of drug-likeness (QED) is 0.686. The van der Waals surface area contributed by atoms with Gasteiger partial charge in [0, 0.05) is 0 Å². The maximum absolute atomic E-state index is 12.1. The number of sulfonamides is 1. The number of carbonyl (C=O) groups excluding carboxylic acids is 1. The van der Waals surface area contributed by atoms with Crippen LogP contribution in [-0.4, -0.2) is 38.1 Å². The third-order valence-electron chi connectivity index (χ3n) is 2.63. The normalized spacial score (nSPS) is 13.1. The predicted molar refractivity (Wildman–Crippen MR) is 75.9 cm³/mol. The van der Waals surface area contributed by atoms with Crippen LogP contribution in [0, 0.1) is 5.92 Å². The van der Waals surface area contributed by atoms with Gasteiger partial charge >= 0.3 is 11.9 Å². The second kappa shape index (κ2) is 7.41. The van der Waals surface area contributed by atoms with Gasteiger partial charge in [0.2, 0.25) is 10.9 Å². The highest BCUT2D eigenvalue weighted by molar-refractivity contribution is 7.89. The highest BCUT2D eigenvalue weighted by Crippen LogP contribution is 2.16. The van der Waals surface area contributed by atoms with E-state index >= 15 is 0 Å². The van der Waals surface area contributed by atoms with Gasteiger partial charge in [-0.15, -0.1) is 0 Å². The lowest BCUT2D eigenvalue weighted by Gasteiger charge is -2.15. The van der Waals surface area contributed by atoms with Crippen LogP contribution in [0.3, 0.4) is 0 Å². The summed E-state index contributed by atoms with van der Waals surface area (Å²) in [6.07, 6.45) is 0.125. The number of hydrogen-bond donors (Lipinski definition) is 2. The van der Waals surface area contributed by atoms with Gasteiger partial charge < -0.3 is 14.3 Å². The molecule has 0 unspecified atom stereocenters. The molecule has 1 aromatic rings. The molecule has 9 heteroatoms. The molecular weight excluding hydrogens is 314 g/mol. The minimum Gasteiger partial charge on any atom is -0.480 e. The number of carboxylic acids is 1. The molecule has 1 heterocycles. The third kappa shape index (κ3) is 4.85. The maximum atomic E-state index is 12.1. The second-order valence-electron chi connectivity index (χ2n) is 4.98. The van der Waals surface area contributed by atoms with Crippen molar-refractivity contribution in [3.63, 3.8) is 0 Å². The van der Waals surface area contributed by atoms with E-state index in [9.17, 15) is 18.0 Å². The molecule has 0 aliphatic rings. The van der Waals surface area contributed by atoms with Crippen LogP contribution in [0.4, 0.5) is 0 Å². The Bertz CT molecular complexity index is 633. The molecule has 0 aromatic carbocycles. The molecule has 0 saturated heterocycles. The number of esters is 1. The second-order valence-corrected chi connectivity index (χ2v) is 6.63. The predicted octanol–water partition coefficient (Wildman–Crippen LogP) is 1.23. The summed E-state index contributed by atoms with van der Waals surface area (Å²) in [5.41, 5.74) is 0. The Morgan fingerprint density at radius 2 is 2.00 bits per heavy atom. The van der Waals surface area contributed by atoms with Crippen LogP contribution in [0.15, 0.2) is 21.6 Å². The zero-order valence-electron chi connectivity index (χ0n) is 12.5. The summed E-state index contributed by atoms with van der Waals surface area (Å²) < 4.78 is 35.9. The summed E-state index contributed by atoms with van der Waals surface area (Å²) in [4.78, 5) is 22.5.